The smallest absolute Gasteiger partial charge is 0.169 e. The van der Waals surface area contributed by atoms with Gasteiger partial charge in [-0.3, -0.25) is 4.90 Å². The number of nitrogens with one attached hydrogen (secondary N) is 1. The number of hydrogen-bond donors (Lipinski definition) is 1. The van der Waals surface area contributed by atoms with E-state index in [-0.39, 0.29) is 0 Å². The van der Waals surface area contributed by atoms with Crippen LogP contribution in [0.1, 0.15) is 11.1 Å². The average Bonchev–Trinajstić information content (AvgIpc) is 2.69. The fourth-order valence-electron chi connectivity index (χ4n) is 2.93. The lowest BCUT2D eigenvalue weighted by Crippen LogP contribution is -2.51. The molecule has 0 saturated carbocycles. The monoisotopic (exact) mass is 385 g/mol. The van der Waals surface area contributed by atoms with Crippen molar-refractivity contribution in [2.45, 2.75) is 6.54 Å². The van der Waals surface area contributed by atoms with E-state index in [4.69, 9.17) is 23.8 Å². The summed E-state index contributed by atoms with van der Waals surface area (Å²) < 4.78 is 0. The SMILES string of the molecule is S=C(NCc1ccc(Cl)cc1)N1CCN(CC=Cc2ccccc2)CC1. The Morgan fingerprint density at radius 2 is 1.69 bits per heavy atom. The van der Waals surface area contributed by atoms with Crippen LogP contribution >= 0.6 is 23.8 Å². The average molecular weight is 386 g/mol. The van der Waals surface area contributed by atoms with Gasteiger partial charge in [-0.15, -0.1) is 0 Å². The van der Waals surface area contributed by atoms with Gasteiger partial charge in [-0.25, -0.2) is 0 Å². The molecule has 0 spiro atoms. The Labute approximate surface area is 166 Å². The molecule has 0 amide bonds. The highest BCUT2D eigenvalue weighted by atomic mass is 35.5. The Morgan fingerprint density at radius 3 is 2.38 bits per heavy atom. The van der Waals surface area contributed by atoms with Gasteiger partial charge >= 0.3 is 0 Å². The predicted octanol–water partition coefficient (Wildman–Crippen LogP) is 4.05. The Hall–Kier alpha value is -1.88. The van der Waals surface area contributed by atoms with E-state index in [9.17, 15) is 0 Å². The fraction of sp³-hybridized carbons (Fsp3) is 0.286. The van der Waals surface area contributed by atoms with Crippen molar-refractivity contribution in [2.24, 2.45) is 0 Å². The van der Waals surface area contributed by atoms with Gasteiger partial charge < -0.3 is 10.2 Å². The Balaban J connectivity index is 1.38. The second-order valence-electron chi connectivity index (χ2n) is 6.39. The number of hydrogen-bond acceptors (Lipinski definition) is 2. The molecule has 26 heavy (non-hydrogen) atoms. The van der Waals surface area contributed by atoms with E-state index < -0.39 is 0 Å². The summed E-state index contributed by atoms with van der Waals surface area (Å²) in [6.45, 7) is 5.70. The summed E-state index contributed by atoms with van der Waals surface area (Å²) in [4.78, 5) is 4.71. The van der Waals surface area contributed by atoms with Gasteiger partial charge in [0.1, 0.15) is 0 Å². The topological polar surface area (TPSA) is 18.5 Å². The van der Waals surface area contributed by atoms with E-state index >= 15 is 0 Å². The molecule has 3 nitrogen and oxygen atoms in total. The van der Waals surface area contributed by atoms with Crippen molar-refractivity contribution in [1.82, 2.24) is 15.1 Å². The first-order valence-electron chi connectivity index (χ1n) is 8.92. The number of benzene rings is 2. The minimum atomic E-state index is 0.732. The van der Waals surface area contributed by atoms with Gasteiger partial charge in [-0.2, -0.15) is 0 Å². The lowest BCUT2D eigenvalue weighted by atomic mass is 10.2. The zero-order chi connectivity index (χ0) is 18.2. The maximum absolute atomic E-state index is 5.92. The molecule has 5 heteroatoms. The molecular weight excluding hydrogens is 362 g/mol. The van der Waals surface area contributed by atoms with Gasteiger partial charge in [0.15, 0.2) is 5.11 Å². The van der Waals surface area contributed by atoms with Gasteiger partial charge in [0.2, 0.25) is 0 Å². The quantitative estimate of drug-likeness (QED) is 0.782. The number of nitrogens with zero attached hydrogens (tertiary/aromatic N) is 2. The van der Waals surface area contributed by atoms with E-state index in [1.54, 1.807) is 0 Å². The summed E-state index contributed by atoms with van der Waals surface area (Å²) in [5.74, 6) is 0. The number of thiocarbonyl (C=S) groups is 1. The second kappa shape index (κ2) is 9.72. The molecule has 2 aromatic carbocycles. The molecule has 0 aromatic heterocycles. The Morgan fingerprint density at radius 1 is 1.00 bits per heavy atom. The molecule has 1 aliphatic heterocycles. The molecule has 1 fully saturated rings. The van der Waals surface area contributed by atoms with Crippen LogP contribution in [-0.4, -0.2) is 47.6 Å². The standard InChI is InChI=1S/C21H24ClN3S/c22-20-10-8-19(9-11-20)17-23-21(26)25-15-13-24(14-16-25)12-4-7-18-5-2-1-3-6-18/h1-11H,12-17H2,(H,23,26). The van der Waals surface area contributed by atoms with E-state index in [1.807, 2.05) is 30.3 Å². The molecule has 1 aliphatic rings. The van der Waals surface area contributed by atoms with Crippen molar-refractivity contribution in [3.8, 4) is 0 Å². The Kier molecular flexibility index (Phi) is 7.06. The second-order valence-corrected chi connectivity index (χ2v) is 7.21. The molecule has 1 heterocycles. The molecule has 0 atom stereocenters. The molecule has 0 unspecified atom stereocenters. The van der Waals surface area contributed by atoms with Crippen LogP contribution in [0.5, 0.6) is 0 Å². The van der Waals surface area contributed by atoms with Gasteiger partial charge in [0.05, 0.1) is 0 Å². The van der Waals surface area contributed by atoms with E-state index in [2.05, 4.69) is 51.5 Å². The highest BCUT2D eigenvalue weighted by Crippen LogP contribution is 2.10. The normalized spacial score (nSPS) is 15.3. The summed E-state index contributed by atoms with van der Waals surface area (Å²) in [5.41, 5.74) is 2.43. The zero-order valence-electron chi connectivity index (χ0n) is 14.8. The molecular formula is C21H24ClN3S. The number of rotatable bonds is 5. The third-order valence-corrected chi connectivity index (χ3v) is 5.14. The van der Waals surface area contributed by atoms with Crippen molar-refractivity contribution in [2.75, 3.05) is 32.7 Å². The molecule has 136 valence electrons. The maximum Gasteiger partial charge on any atom is 0.169 e. The highest BCUT2D eigenvalue weighted by molar-refractivity contribution is 7.80. The first-order chi connectivity index (χ1) is 12.7. The zero-order valence-corrected chi connectivity index (χ0v) is 16.3. The lowest BCUT2D eigenvalue weighted by Gasteiger charge is -2.35. The lowest BCUT2D eigenvalue weighted by molar-refractivity contribution is 0.197. The number of piperazine rings is 1. The minimum absolute atomic E-state index is 0.732. The van der Waals surface area contributed by atoms with E-state index in [0.717, 1.165) is 49.4 Å². The first kappa shape index (κ1) is 18.9. The number of halogens is 1. The third-order valence-electron chi connectivity index (χ3n) is 4.49. The van der Waals surface area contributed by atoms with Crippen LogP contribution in [0.15, 0.2) is 60.7 Å². The highest BCUT2D eigenvalue weighted by Gasteiger charge is 2.17. The summed E-state index contributed by atoms with van der Waals surface area (Å²) in [6.07, 6.45) is 4.42. The van der Waals surface area contributed by atoms with Crippen LogP contribution in [0, 0.1) is 0 Å². The van der Waals surface area contributed by atoms with Gasteiger partial charge in [0.25, 0.3) is 0 Å². The summed E-state index contributed by atoms with van der Waals surface area (Å²) in [6, 6.07) is 18.3. The molecule has 0 aliphatic carbocycles. The molecule has 3 rings (SSSR count). The molecule has 1 saturated heterocycles. The van der Waals surface area contributed by atoms with Crippen LogP contribution in [0.25, 0.3) is 6.08 Å². The van der Waals surface area contributed by atoms with Crippen molar-refractivity contribution in [1.29, 1.82) is 0 Å². The van der Waals surface area contributed by atoms with Crippen molar-refractivity contribution >= 4 is 35.0 Å². The Bertz CT molecular complexity index is 723. The molecule has 2 aromatic rings. The van der Waals surface area contributed by atoms with E-state index in [1.165, 1.54) is 11.1 Å². The molecule has 0 radical (unpaired) electrons. The minimum Gasteiger partial charge on any atom is -0.358 e. The maximum atomic E-state index is 5.92. The van der Waals surface area contributed by atoms with Crippen molar-refractivity contribution < 1.29 is 0 Å². The van der Waals surface area contributed by atoms with Crippen molar-refractivity contribution in [3.63, 3.8) is 0 Å². The van der Waals surface area contributed by atoms with Crippen LogP contribution < -0.4 is 5.32 Å². The summed E-state index contributed by atoms with van der Waals surface area (Å²) in [7, 11) is 0. The van der Waals surface area contributed by atoms with Crippen LogP contribution in [0.3, 0.4) is 0 Å². The summed E-state index contributed by atoms with van der Waals surface area (Å²) in [5, 5.41) is 4.94. The van der Waals surface area contributed by atoms with Crippen molar-refractivity contribution in [3.05, 3.63) is 76.8 Å². The summed E-state index contributed by atoms with van der Waals surface area (Å²) >= 11 is 11.5. The predicted molar refractivity (Wildman–Crippen MR) is 114 cm³/mol. The molecule has 0 bridgehead atoms. The van der Waals surface area contributed by atoms with Crippen LogP contribution in [0.4, 0.5) is 0 Å². The third kappa shape index (κ3) is 5.84. The van der Waals surface area contributed by atoms with Gasteiger partial charge in [0, 0.05) is 44.3 Å². The van der Waals surface area contributed by atoms with E-state index in [0.29, 0.717) is 0 Å². The fourth-order valence-corrected chi connectivity index (χ4v) is 3.31. The largest absolute Gasteiger partial charge is 0.358 e. The van der Waals surface area contributed by atoms with Gasteiger partial charge in [-0.05, 0) is 35.5 Å². The van der Waals surface area contributed by atoms with Crippen LogP contribution in [0.2, 0.25) is 5.02 Å². The van der Waals surface area contributed by atoms with Gasteiger partial charge in [-0.1, -0.05) is 66.2 Å². The van der Waals surface area contributed by atoms with Crippen LogP contribution in [-0.2, 0) is 6.54 Å². The molecule has 1 N–H and O–H groups in total. The first-order valence-corrected chi connectivity index (χ1v) is 9.70.